The molecule has 0 N–H and O–H groups in total. The topological polar surface area (TPSA) is 80.3 Å². The molecular formula is C27H30O7. The molecule has 3 rings (SSSR count). The Morgan fingerprint density at radius 3 is 2.35 bits per heavy atom. The number of carbonyl (C=O) groups excluding carboxylic acids is 2. The quantitative estimate of drug-likeness (QED) is 0.204. The van der Waals surface area contributed by atoms with Crippen LogP contribution in [0.4, 0.5) is 0 Å². The molecule has 2 aromatic carbocycles. The molecule has 1 aliphatic rings. The maximum absolute atomic E-state index is 13.6. The lowest BCUT2D eigenvalue weighted by Gasteiger charge is -2.22. The van der Waals surface area contributed by atoms with E-state index in [2.05, 4.69) is 6.58 Å². The Bertz CT molecular complexity index is 1080. The lowest BCUT2D eigenvalue weighted by Crippen LogP contribution is -2.31. The van der Waals surface area contributed by atoms with E-state index in [1.807, 2.05) is 37.3 Å². The third kappa shape index (κ3) is 5.55. The summed E-state index contributed by atoms with van der Waals surface area (Å²) in [4.78, 5) is 26.6. The molecule has 0 amide bonds. The number of ketones is 2. The van der Waals surface area contributed by atoms with E-state index in [1.165, 1.54) is 14.2 Å². The number of hydrogen-bond donors (Lipinski definition) is 0. The second-order valence-corrected chi connectivity index (χ2v) is 7.91. The van der Waals surface area contributed by atoms with Gasteiger partial charge in [-0.2, -0.15) is 0 Å². The Morgan fingerprint density at radius 1 is 1.09 bits per heavy atom. The van der Waals surface area contributed by atoms with E-state index in [-0.39, 0.29) is 29.9 Å². The Kier molecular flexibility index (Phi) is 8.26. The van der Waals surface area contributed by atoms with E-state index in [4.69, 9.17) is 23.7 Å². The first-order chi connectivity index (χ1) is 16.3. The van der Waals surface area contributed by atoms with Gasteiger partial charge in [0.1, 0.15) is 12.4 Å². The van der Waals surface area contributed by atoms with Gasteiger partial charge in [0.2, 0.25) is 0 Å². The molecule has 7 heteroatoms. The van der Waals surface area contributed by atoms with Gasteiger partial charge in [0, 0.05) is 11.6 Å². The minimum Gasteiger partial charge on any atom is -0.493 e. The molecule has 0 bridgehead atoms. The number of ether oxygens (including phenoxy) is 5. The molecule has 0 radical (unpaired) electrons. The molecule has 1 heterocycles. The van der Waals surface area contributed by atoms with Crippen LogP contribution in [-0.2, 0) is 20.9 Å². The molecule has 0 atom stereocenters. The van der Waals surface area contributed by atoms with Gasteiger partial charge in [-0.3, -0.25) is 9.59 Å². The van der Waals surface area contributed by atoms with Gasteiger partial charge in [0.25, 0.3) is 0 Å². The molecule has 0 aromatic heterocycles. The summed E-state index contributed by atoms with van der Waals surface area (Å²) < 4.78 is 28.1. The summed E-state index contributed by atoms with van der Waals surface area (Å²) in [6.45, 7) is 8.28. The number of rotatable bonds is 11. The largest absolute Gasteiger partial charge is 0.493 e. The summed E-state index contributed by atoms with van der Waals surface area (Å²) in [7, 11) is 2.99. The molecule has 0 aliphatic carbocycles. The van der Waals surface area contributed by atoms with Crippen molar-refractivity contribution >= 4 is 17.6 Å². The van der Waals surface area contributed by atoms with Crippen LogP contribution in [0.2, 0.25) is 0 Å². The lowest BCUT2D eigenvalue weighted by atomic mass is 9.92. The van der Waals surface area contributed by atoms with Crippen molar-refractivity contribution < 1.29 is 33.3 Å². The first-order valence-electron chi connectivity index (χ1n) is 11.0. The molecule has 1 saturated heterocycles. The second-order valence-electron chi connectivity index (χ2n) is 7.91. The van der Waals surface area contributed by atoms with Crippen LogP contribution in [0.3, 0.4) is 0 Å². The molecule has 7 nitrogen and oxygen atoms in total. The summed E-state index contributed by atoms with van der Waals surface area (Å²) in [6, 6.07) is 11.1. The molecule has 0 unspecified atom stereocenters. The van der Waals surface area contributed by atoms with Gasteiger partial charge < -0.3 is 23.7 Å². The summed E-state index contributed by atoms with van der Waals surface area (Å²) in [6.07, 6.45) is 3.36. The Morgan fingerprint density at radius 2 is 1.76 bits per heavy atom. The molecule has 34 heavy (non-hydrogen) atoms. The van der Waals surface area contributed by atoms with Crippen LogP contribution in [0, 0.1) is 0 Å². The summed E-state index contributed by atoms with van der Waals surface area (Å²) >= 11 is 0. The van der Waals surface area contributed by atoms with Gasteiger partial charge in [-0.15, -0.1) is 0 Å². The first-order valence-corrected chi connectivity index (χ1v) is 11.0. The van der Waals surface area contributed by atoms with Gasteiger partial charge in [-0.05, 0) is 19.4 Å². The summed E-state index contributed by atoms with van der Waals surface area (Å²) in [5.74, 6) is -1.10. The van der Waals surface area contributed by atoms with Crippen molar-refractivity contribution in [1.82, 2.24) is 0 Å². The van der Waals surface area contributed by atoms with Gasteiger partial charge in [-0.1, -0.05) is 49.1 Å². The van der Waals surface area contributed by atoms with Crippen LogP contribution in [0.5, 0.6) is 17.2 Å². The van der Waals surface area contributed by atoms with Crippen molar-refractivity contribution in [3.63, 3.8) is 0 Å². The number of carbonyl (C=O) groups is 2. The highest BCUT2D eigenvalue weighted by molar-refractivity contribution is 6.27. The number of hydrogen-bond acceptors (Lipinski definition) is 7. The predicted octanol–water partition coefficient (Wildman–Crippen LogP) is 4.78. The number of Topliss-reactive ketones (excluding diaryl/α,β-unsaturated/α-hetero) is 2. The van der Waals surface area contributed by atoms with Crippen molar-refractivity contribution in [3.05, 3.63) is 71.3 Å². The number of benzene rings is 2. The van der Waals surface area contributed by atoms with Crippen molar-refractivity contribution in [2.24, 2.45) is 0 Å². The highest BCUT2D eigenvalue weighted by atomic mass is 16.7. The molecule has 0 spiro atoms. The smallest absolute Gasteiger partial charge is 0.200 e. The standard InChI is InChI=1S/C27H30O7/c1-6-10-20-24(25(29)18(2)21(28)16-27(3)33-13-14-34-27)22(15-23(30-4)26(20)31-5)32-17-19-11-8-7-9-12-19/h6-12,15H,2,13-14,16-17H2,1,3-5H3/b10-6+. The average Bonchev–Trinajstić information content (AvgIpc) is 3.27. The third-order valence-electron chi connectivity index (χ3n) is 5.46. The lowest BCUT2D eigenvalue weighted by molar-refractivity contribution is -0.156. The average molecular weight is 467 g/mol. The molecular weight excluding hydrogens is 436 g/mol. The molecule has 2 aromatic rings. The van der Waals surface area contributed by atoms with Crippen molar-refractivity contribution in [1.29, 1.82) is 0 Å². The molecule has 1 fully saturated rings. The van der Waals surface area contributed by atoms with Crippen LogP contribution < -0.4 is 14.2 Å². The molecule has 1 aliphatic heterocycles. The van der Waals surface area contributed by atoms with Gasteiger partial charge in [0.05, 0.1) is 45.0 Å². The van der Waals surface area contributed by atoms with Gasteiger partial charge >= 0.3 is 0 Å². The number of allylic oxidation sites excluding steroid dienone is 2. The summed E-state index contributed by atoms with van der Waals surface area (Å²) in [5.41, 5.74) is 1.33. The van der Waals surface area contributed by atoms with Crippen LogP contribution in [0.25, 0.3) is 6.08 Å². The third-order valence-corrected chi connectivity index (χ3v) is 5.46. The maximum Gasteiger partial charge on any atom is 0.200 e. The van der Waals surface area contributed by atoms with Crippen molar-refractivity contribution in [2.75, 3.05) is 27.4 Å². The summed E-state index contributed by atoms with van der Waals surface area (Å²) in [5, 5.41) is 0. The SMILES string of the molecule is C=C(C(=O)CC1(C)OCCO1)C(=O)c1c(OCc2ccccc2)cc(OC)c(OC)c1/C=C/C. The van der Waals surface area contributed by atoms with Crippen LogP contribution in [0.15, 0.2) is 54.6 Å². The zero-order valence-electron chi connectivity index (χ0n) is 20.0. The Balaban J connectivity index is 2.03. The van der Waals surface area contributed by atoms with E-state index in [0.29, 0.717) is 30.3 Å². The highest BCUT2D eigenvalue weighted by Gasteiger charge is 2.36. The fraction of sp³-hybridized carbons (Fsp3) is 0.333. The van der Waals surface area contributed by atoms with Crippen molar-refractivity contribution in [3.8, 4) is 17.2 Å². The fourth-order valence-corrected chi connectivity index (χ4v) is 3.74. The predicted molar refractivity (Wildman–Crippen MR) is 128 cm³/mol. The monoisotopic (exact) mass is 466 g/mol. The number of methoxy groups -OCH3 is 2. The normalized spacial score (nSPS) is 14.7. The van der Waals surface area contributed by atoms with E-state index in [0.717, 1.165) is 5.56 Å². The van der Waals surface area contributed by atoms with E-state index in [9.17, 15) is 9.59 Å². The Hall–Kier alpha value is -3.42. The first kappa shape index (κ1) is 25.2. The Labute approximate surface area is 199 Å². The maximum atomic E-state index is 13.6. The zero-order valence-corrected chi connectivity index (χ0v) is 20.0. The van der Waals surface area contributed by atoms with Gasteiger partial charge in [0.15, 0.2) is 28.9 Å². The molecule has 180 valence electrons. The van der Waals surface area contributed by atoms with E-state index >= 15 is 0 Å². The zero-order chi connectivity index (χ0) is 24.7. The van der Waals surface area contributed by atoms with Crippen molar-refractivity contribution in [2.45, 2.75) is 32.7 Å². The van der Waals surface area contributed by atoms with E-state index < -0.39 is 17.4 Å². The highest BCUT2D eigenvalue weighted by Crippen LogP contribution is 2.42. The van der Waals surface area contributed by atoms with E-state index in [1.54, 1.807) is 25.1 Å². The van der Waals surface area contributed by atoms with Crippen LogP contribution in [-0.4, -0.2) is 44.8 Å². The van der Waals surface area contributed by atoms with Gasteiger partial charge in [-0.25, -0.2) is 0 Å². The van der Waals surface area contributed by atoms with Crippen LogP contribution >= 0.6 is 0 Å². The minimum atomic E-state index is -1.07. The fourth-order valence-electron chi connectivity index (χ4n) is 3.74. The van der Waals surface area contributed by atoms with Crippen LogP contribution in [0.1, 0.15) is 41.8 Å². The molecule has 0 saturated carbocycles. The minimum absolute atomic E-state index is 0.121. The second kappa shape index (κ2) is 11.1.